The number of hydrogen-bond donors (Lipinski definition) is 1. The lowest BCUT2D eigenvalue weighted by molar-refractivity contribution is 0.0992. The molecule has 0 aliphatic carbocycles. The quantitative estimate of drug-likeness (QED) is 0.833. The second kappa shape index (κ2) is 5.59. The van der Waals surface area contributed by atoms with Crippen LogP contribution in [0.15, 0.2) is 21.6 Å². The van der Waals surface area contributed by atoms with E-state index in [9.17, 15) is 13.2 Å². The van der Waals surface area contributed by atoms with Crippen LogP contribution in [-0.2, 0) is 9.84 Å². The molecule has 1 amide bonds. The molecule has 0 bridgehead atoms. The molecule has 2 N–H and O–H groups in total. The Morgan fingerprint density at radius 1 is 1.47 bits per heavy atom. The molecule has 0 fully saturated rings. The van der Waals surface area contributed by atoms with E-state index in [1.807, 2.05) is 6.92 Å². The summed E-state index contributed by atoms with van der Waals surface area (Å²) in [4.78, 5) is 14.9. The first-order valence-electron chi connectivity index (χ1n) is 5.07. The first-order valence-corrected chi connectivity index (χ1v) is 7.52. The summed E-state index contributed by atoms with van der Waals surface area (Å²) >= 11 is 3.07. The van der Waals surface area contributed by atoms with Crippen molar-refractivity contribution in [3.63, 3.8) is 0 Å². The molecule has 0 saturated heterocycles. The standard InChI is InChI=1S/C10H13BrN2O3S/c1-2-3-6-17(15,16)7-4-5-8(11)13-9(7)10(12)14/h4-5H,2-3,6H2,1H3,(H2,12,14). The number of aromatic nitrogens is 1. The van der Waals surface area contributed by atoms with Gasteiger partial charge in [-0.2, -0.15) is 0 Å². The smallest absolute Gasteiger partial charge is 0.268 e. The fraction of sp³-hybridized carbons (Fsp3) is 0.400. The van der Waals surface area contributed by atoms with Crippen LogP contribution in [0.3, 0.4) is 0 Å². The number of carbonyl (C=O) groups is 1. The fourth-order valence-electron chi connectivity index (χ4n) is 1.29. The molecule has 0 spiro atoms. The van der Waals surface area contributed by atoms with Gasteiger partial charge in [-0.1, -0.05) is 13.3 Å². The van der Waals surface area contributed by atoms with Crippen LogP contribution in [0.4, 0.5) is 0 Å². The Morgan fingerprint density at radius 2 is 2.12 bits per heavy atom. The van der Waals surface area contributed by atoms with Gasteiger partial charge in [-0.25, -0.2) is 13.4 Å². The summed E-state index contributed by atoms with van der Waals surface area (Å²) in [7, 11) is -3.50. The number of pyridine rings is 1. The molecular formula is C10H13BrN2O3S. The van der Waals surface area contributed by atoms with Gasteiger partial charge in [0, 0.05) is 0 Å². The largest absolute Gasteiger partial charge is 0.364 e. The Kier molecular flexibility index (Phi) is 4.64. The highest BCUT2D eigenvalue weighted by Gasteiger charge is 2.22. The SMILES string of the molecule is CCCCS(=O)(=O)c1ccc(Br)nc1C(N)=O. The van der Waals surface area contributed by atoms with Crippen molar-refractivity contribution in [3.8, 4) is 0 Å². The average Bonchev–Trinajstić information content (AvgIpc) is 2.26. The minimum Gasteiger partial charge on any atom is -0.364 e. The number of sulfone groups is 1. The zero-order valence-electron chi connectivity index (χ0n) is 9.31. The summed E-state index contributed by atoms with van der Waals surface area (Å²) in [6, 6.07) is 2.83. The lowest BCUT2D eigenvalue weighted by atomic mass is 10.3. The molecule has 0 saturated carbocycles. The third kappa shape index (κ3) is 3.50. The van der Waals surface area contributed by atoms with Gasteiger partial charge in [0.05, 0.1) is 10.6 Å². The van der Waals surface area contributed by atoms with Crippen molar-refractivity contribution in [2.75, 3.05) is 5.75 Å². The van der Waals surface area contributed by atoms with Gasteiger partial charge in [-0.3, -0.25) is 4.79 Å². The molecule has 1 aromatic rings. The number of amides is 1. The number of primary amides is 1. The number of carbonyl (C=O) groups excluding carboxylic acids is 1. The van der Waals surface area contributed by atoms with Gasteiger partial charge < -0.3 is 5.73 Å². The van der Waals surface area contributed by atoms with Gasteiger partial charge in [0.2, 0.25) is 0 Å². The fourth-order valence-corrected chi connectivity index (χ4v) is 3.21. The average molecular weight is 321 g/mol. The Morgan fingerprint density at radius 3 is 2.65 bits per heavy atom. The van der Waals surface area contributed by atoms with Crippen LogP contribution in [0.2, 0.25) is 0 Å². The second-order valence-corrected chi connectivity index (χ2v) is 6.41. The third-order valence-corrected chi connectivity index (χ3v) is 4.43. The van der Waals surface area contributed by atoms with Crippen molar-refractivity contribution in [2.45, 2.75) is 24.7 Å². The second-order valence-electron chi connectivity index (χ2n) is 3.52. The molecule has 0 atom stereocenters. The molecule has 1 heterocycles. The summed E-state index contributed by atoms with van der Waals surface area (Å²) in [5, 5.41) is 0. The number of hydrogen-bond acceptors (Lipinski definition) is 4. The molecule has 0 aliphatic heterocycles. The van der Waals surface area contributed by atoms with Crippen LogP contribution in [-0.4, -0.2) is 25.1 Å². The summed E-state index contributed by atoms with van der Waals surface area (Å²) in [6.07, 6.45) is 1.30. The molecule has 7 heteroatoms. The summed E-state index contributed by atoms with van der Waals surface area (Å²) in [5.41, 5.74) is 4.91. The van der Waals surface area contributed by atoms with E-state index in [-0.39, 0.29) is 16.3 Å². The van der Waals surface area contributed by atoms with E-state index < -0.39 is 15.7 Å². The first-order chi connectivity index (χ1) is 7.88. The Labute approximate surface area is 108 Å². The van der Waals surface area contributed by atoms with Crippen molar-refractivity contribution >= 4 is 31.7 Å². The zero-order valence-corrected chi connectivity index (χ0v) is 11.7. The predicted octanol–water partition coefficient (Wildman–Crippen LogP) is 1.52. The molecule has 94 valence electrons. The normalized spacial score (nSPS) is 11.4. The van der Waals surface area contributed by atoms with Crippen molar-refractivity contribution in [1.29, 1.82) is 0 Å². The van der Waals surface area contributed by atoms with Gasteiger partial charge in [0.1, 0.15) is 10.3 Å². The van der Waals surface area contributed by atoms with Crippen molar-refractivity contribution in [2.24, 2.45) is 5.73 Å². The number of halogens is 1. The minimum atomic E-state index is -3.50. The monoisotopic (exact) mass is 320 g/mol. The van der Waals surface area contributed by atoms with Gasteiger partial charge in [-0.05, 0) is 34.5 Å². The van der Waals surface area contributed by atoms with E-state index in [0.29, 0.717) is 11.0 Å². The highest BCUT2D eigenvalue weighted by Crippen LogP contribution is 2.19. The predicted molar refractivity (Wildman–Crippen MR) is 67.4 cm³/mol. The zero-order chi connectivity index (χ0) is 13.1. The molecule has 0 radical (unpaired) electrons. The molecule has 5 nitrogen and oxygen atoms in total. The number of unbranched alkanes of at least 4 members (excludes halogenated alkanes) is 1. The Hall–Kier alpha value is -0.950. The summed E-state index contributed by atoms with van der Waals surface area (Å²) < 4.78 is 24.3. The first kappa shape index (κ1) is 14.1. The Bertz CT molecular complexity index is 528. The van der Waals surface area contributed by atoms with Crippen LogP contribution in [0.25, 0.3) is 0 Å². The topological polar surface area (TPSA) is 90.1 Å². The van der Waals surface area contributed by atoms with Crippen LogP contribution in [0.1, 0.15) is 30.3 Å². The van der Waals surface area contributed by atoms with E-state index in [0.717, 1.165) is 6.42 Å². The van der Waals surface area contributed by atoms with Gasteiger partial charge in [0.25, 0.3) is 5.91 Å². The highest BCUT2D eigenvalue weighted by molar-refractivity contribution is 9.10. The third-order valence-electron chi connectivity index (χ3n) is 2.16. The number of nitrogens with zero attached hydrogens (tertiary/aromatic N) is 1. The van der Waals surface area contributed by atoms with Gasteiger partial charge in [-0.15, -0.1) is 0 Å². The lowest BCUT2D eigenvalue weighted by Gasteiger charge is -2.07. The van der Waals surface area contributed by atoms with Crippen LogP contribution < -0.4 is 5.73 Å². The number of nitrogens with two attached hydrogens (primary N) is 1. The van der Waals surface area contributed by atoms with Gasteiger partial charge in [0.15, 0.2) is 9.84 Å². The van der Waals surface area contributed by atoms with Crippen LogP contribution in [0.5, 0.6) is 0 Å². The Balaban J connectivity index is 3.26. The van der Waals surface area contributed by atoms with Crippen LogP contribution >= 0.6 is 15.9 Å². The van der Waals surface area contributed by atoms with Crippen molar-refractivity contribution in [3.05, 3.63) is 22.4 Å². The van der Waals surface area contributed by atoms with Crippen LogP contribution in [0, 0.1) is 0 Å². The highest BCUT2D eigenvalue weighted by atomic mass is 79.9. The maximum Gasteiger partial charge on any atom is 0.268 e. The number of rotatable bonds is 5. The summed E-state index contributed by atoms with van der Waals surface area (Å²) in [5.74, 6) is -0.853. The van der Waals surface area contributed by atoms with Gasteiger partial charge >= 0.3 is 0 Å². The molecule has 17 heavy (non-hydrogen) atoms. The van der Waals surface area contributed by atoms with E-state index in [1.54, 1.807) is 0 Å². The van der Waals surface area contributed by atoms with Crippen molar-refractivity contribution < 1.29 is 13.2 Å². The maximum atomic E-state index is 12.0. The summed E-state index contributed by atoms with van der Waals surface area (Å²) in [6.45, 7) is 1.89. The van der Waals surface area contributed by atoms with E-state index in [4.69, 9.17) is 5.73 Å². The molecule has 0 unspecified atom stereocenters. The molecule has 1 aromatic heterocycles. The molecular weight excluding hydrogens is 308 g/mol. The van der Waals surface area contributed by atoms with E-state index >= 15 is 0 Å². The molecule has 0 aromatic carbocycles. The van der Waals surface area contributed by atoms with Crippen molar-refractivity contribution in [1.82, 2.24) is 4.98 Å². The maximum absolute atomic E-state index is 12.0. The lowest BCUT2D eigenvalue weighted by Crippen LogP contribution is -2.19. The minimum absolute atomic E-state index is 0.00685. The van der Waals surface area contributed by atoms with E-state index in [1.165, 1.54) is 12.1 Å². The van der Waals surface area contributed by atoms with E-state index in [2.05, 4.69) is 20.9 Å². The molecule has 1 rings (SSSR count). The molecule has 0 aliphatic rings.